The number of benzene rings is 3. The molecule has 0 spiro atoms. The number of carbonyl (C=O) groups excluding carboxylic acids is 1. The second kappa shape index (κ2) is 8.77. The molecule has 3 aromatic rings. The van der Waals surface area contributed by atoms with E-state index in [0.29, 0.717) is 17.2 Å². The molecule has 34 heavy (non-hydrogen) atoms. The first kappa shape index (κ1) is 22.4. The van der Waals surface area contributed by atoms with Crippen molar-refractivity contribution in [2.45, 2.75) is 36.0 Å². The number of nitrogens with one attached hydrogen (secondary N) is 2. The van der Waals surface area contributed by atoms with Gasteiger partial charge in [0.05, 0.1) is 10.3 Å². The lowest BCUT2D eigenvalue weighted by Gasteiger charge is -2.28. The summed E-state index contributed by atoms with van der Waals surface area (Å²) < 4.78 is 37.3. The van der Waals surface area contributed by atoms with Gasteiger partial charge in [-0.05, 0) is 73.0 Å². The molecule has 0 saturated heterocycles. The minimum Gasteiger partial charge on any atom is -0.454 e. The Kier molecular flexibility index (Phi) is 5.79. The summed E-state index contributed by atoms with van der Waals surface area (Å²) in [5.41, 5.74) is 2.78. The van der Waals surface area contributed by atoms with E-state index in [1.165, 1.54) is 7.05 Å². The van der Waals surface area contributed by atoms with E-state index < -0.39 is 15.4 Å². The van der Waals surface area contributed by atoms with Gasteiger partial charge in [0, 0.05) is 8.54 Å². The molecule has 1 aliphatic carbocycles. The molecular formula is C26H30N2O5S. The van der Waals surface area contributed by atoms with E-state index in [9.17, 15) is 13.2 Å². The van der Waals surface area contributed by atoms with Crippen molar-refractivity contribution in [3.05, 3.63) is 72.3 Å². The molecule has 0 atom stereocenters. The molecule has 1 heterocycles. The van der Waals surface area contributed by atoms with Crippen LogP contribution >= 0.6 is 0 Å². The Hall–Kier alpha value is -3.36. The molecule has 0 radical (unpaired) electrons. The highest BCUT2D eigenvalue weighted by molar-refractivity contribution is 7.89. The number of hydrogen-bond acceptors (Lipinski definition) is 5. The zero-order chi connectivity index (χ0) is 23.8. The Balaban J connectivity index is 0.00000180. The average molecular weight is 483 g/mol. The SMILES string of the molecule is CNS(=O)(=O)c1ccc(-c2cccc(NC(=O)C3(c4ccc5c(c4)OCO5)CCCC3)c2)cc1.[HH].[HH]. The molecule has 7 nitrogen and oxygen atoms in total. The van der Waals surface area contributed by atoms with E-state index >= 15 is 0 Å². The summed E-state index contributed by atoms with van der Waals surface area (Å²) in [7, 11) is -2.11. The molecule has 2 N–H and O–H groups in total. The maximum atomic E-state index is 13.6. The van der Waals surface area contributed by atoms with Crippen molar-refractivity contribution in [2.24, 2.45) is 0 Å². The van der Waals surface area contributed by atoms with Gasteiger partial charge in [0.15, 0.2) is 11.5 Å². The van der Waals surface area contributed by atoms with Crippen LogP contribution in [0.3, 0.4) is 0 Å². The number of anilines is 1. The van der Waals surface area contributed by atoms with Crippen molar-refractivity contribution >= 4 is 21.6 Å². The molecule has 1 saturated carbocycles. The Labute approximate surface area is 202 Å². The topological polar surface area (TPSA) is 93.7 Å². The van der Waals surface area contributed by atoms with Crippen LogP contribution in [0.25, 0.3) is 11.1 Å². The largest absolute Gasteiger partial charge is 0.454 e. The highest BCUT2D eigenvalue weighted by Gasteiger charge is 2.43. The minimum atomic E-state index is -3.49. The second-order valence-electron chi connectivity index (χ2n) is 8.62. The Bertz CT molecular complexity index is 1340. The first-order chi connectivity index (χ1) is 16.4. The summed E-state index contributed by atoms with van der Waals surface area (Å²) in [5, 5.41) is 3.13. The zero-order valence-corrected chi connectivity index (χ0v) is 19.7. The van der Waals surface area contributed by atoms with Gasteiger partial charge in [-0.15, -0.1) is 0 Å². The fourth-order valence-electron chi connectivity index (χ4n) is 4.79. The van der Waals surface area contributed by atoms with Crippen LogP contribution < -0.4 is 19.5 Å². The van der Waals surface area contributed by atoms with Gasteiger partial charge in [-0.25, -0.2) is 13.1 Å². The number of hydrogen-bond donors (Lipinski definition) is 2. The molecule has 1 aliphatic heterocycles. The Morgan fingerprint density at radius 3 is 2.38 bits per heavy atom. The molecule has 5 rings (SSSR count). The number of ether oxygens (including phenoxy) is 2. The van der Waals surface area contributed by atoms with Gasteiger partial charge >= 0.3 is 0 Å². The van der Waals surface area contributed by atoms with Gasteiger partial charge in [-0.1, -0.05) is 43.2 Å². The van der Waals surface area contributed by atoms with E-state index in [4.69, 9.17) is 9.47 Å². The third-order valence-electron chi connectivity index (χ3n) is 6.70. The first-order valence-electron chi connectivity index (χ1n) is 11.3. The van der Waals surface area contributed by atoms with E-state index in [2.05, 4.69) is 10.0 Å². The van der Waals surface area contributed by atoms with Crippen LogP contribution in [0.2, 0.25) is 0 Å². The van der Waals surface area contributed by atoms with Crippen LogP contribution in [0, 0.1) is 0 Å². The number of carbonyl (C=O) groups is 1. The van der Waals surface area contributed by atoms with Crippen molar-refractivity contribution in [3.63, 3.8) is 0 Å². The smallest absolute Gasteiger partial charge is 0.240 e. The lowest BCUT2D eigenvalue weighted by Crippen LogP contribution is -2.38. The van der Waals surface area contributed by atoms with Crippen molar-refractivity contribution < 1.29 is 25.5 Å². The maximum absolute atomic E-state index is 13.6. The summed E-state index contributed by atoms with van der Waals surface area (Å²) in [6, 6.07) is 20.0. The van der Waals surface area contributed by atoms with Crippen LogP contribution in [0.5, 0.6) is 11.5 Å². The lowest BCUT2D eigenvalue weighted by atomic mass is 9.77. The fraction of sp³-hybridized carbons (Fsp3) is 0.269. The van der Waals surface area contributed by atoms with Crippen LogP contribution in [0.15, 0.2) is 71.6 Å². The average Bonchev–Trinajstić information content (AvgIpc) is 3.54. The lowest BCUT2D eigenvalue weighted by molar-refractivity contribution is -0.121. The van der Waals surface area contributed by atoms with Gasteiger partial charge in [0.1, 0.15) is 0 Å². The summed E-state index contributed by atoms with van der Waals surface area (Å²) in [6.07, 6.45) is 3.53. The number of rotatable bonds is 6. The van der Waals surface area contributed by atoms with Gasteiger partial charge in [0.25, 0.3) is 0 Å². The number of fused-ring (bicyclic) bond motifs is 1. The van der Waals surface area contributed by atoms with Crippen LogP contribution in [0.4, 0.5) is 5.69 Å². The fourth-order valence-corrected chi connectivity index (χ4v) is 5.52. The van der Waals surface area contributed by atoms with Gasteiger partial charge < -0.3 is 14.8 Å². The third kappa shape index (κ3) is 4.03. The maximum Gasteiger partial charge on any atom is 0.240 e. The van der Waals surface area contributed by atoms with Crippen LogP contribution in [0.1, 0.15) is 34.1 Å². The van der Waals surface area contributed by atoms with Crippen LogP contribution in [-0.2, 0) is 20.2 Å². The van der Waals surface area contributed by atoms with E-state index in [1.807, 2.05) is 42.5 Å². The monoisotopic (exact) mass is 482 g/mol. The molecule has 8 heteroatoms. The highest BCUT2D eigenvalue weighted by atomic mass is 32.2. The molecule has 3 aromatic carbocycles. The summed E-state index contributed by atoms with van der Waals surface area (Å²) in [6.45, 7) is 0.201. The Morgan fingerprint density at radius 2 is 1.65 bits per heavy atom. The van der Waals surface area contributed by atoms with E-state index in [0.717, 1.165) is 42.4 Å². The molecule has 0 unspecified atom stereocenters. The van der Waals surface area contributed by atoms with Crippen LogP contribution in [-0.4, -0.2) is 28.2 Å². The molecular weight excluding hydrogens is 452 g/mol. The summed E-state index contributed by atoms with van der Waals surface area (Å²) >= 11 is 0. The molecule has 1 fully saturated rings. The van der Waals surface area contributed by atoms with Crippen molar-refractivity contribution in [1.82, 2.24) is 4.72 Å². The van der Waals surface area contributed by atoms with Crippen molar-refractivity contribution in [1.29, 1.82) is 0 Å². The standard InChI is InChI=1S/C26H26N2O5S.2H2/c1-27-34(30,31)22-10-7-18(8-11-22)19-5-4-6-21(15-19)28-25(29)26(13-2-3-14-26)20-9-12-23-24(16-20)33-17-32-23;;/h4-12,15-16,27H,2-3,13-14,17H2,1H3,(H,28,29);2*1H. The predicted octanol–water partition coefficient (Wildman–Crippen LogP) is 4.93. The molecule has 2 aliphatic rings. The second-order valence-corrected chi connectivity index (χ2v) is 10.5. The van der Waals surface area contributed by atoms with Gasteiger partial charge in [-0.3, -0.25) is 4.79 Å². The quantitative estimate of drug-likeness (QED) is 0.519. The zero-order valence-electron chi connectivity index (χ0n) is 18.8. The van der Waals surface area contributed by atoms with E-state index in [-0.39, 0.29) is 20.4 Å². The molecule has 180 valence electrons. The number of sulfonamides is 1. The summed E-state index contributed by atoms with van der Waals surface area (Å²) in [4.78, 5) is 13.8. The normalized spacial score (nSPS) is 16.4. The molecule has 0 bridgehead atoms. The molecule has 0 aromatic heterocycles. The van der Waals surface area contributed by atoms with Gasteiger partial charge in [0.2, 0.25) is 22.7 Å². The Morgan fingerprint density at radius 1 is 0.912 bits per heavy atom. The highest BCUT2D eigenvalue weighted by Crippen LogP contribution is 2.45. The summed E-state index contributed by atoms with van der Waals surface area (Å²) in [5.74, 6) is 1.36. The minimum absolute atomic E-state index is 0. The third-order valence-corrected chi connectivity index (χ3v) is 8.13. The van der Waals surface area contributed by atoms with Crippen molar-refractivity contribution in [2.75, 3.05) is 19.2 Å². The van der Waals surface area contributed by atoms with E-state index in [1.54, 1.807) is 24.3 Å². The predicted molar refractivity (Wildman–Crippen MR) is 134 cm³/mol. The van der Waals surface area contributed by atoms with Gasteiger partial charge in [-0.2, -0.15) is 0 Å². The first-order valence-corrected chi connectivity index (χ1v) is 12.8. The number of amides is 1. The molecule has 1 amide bonds. The van der Waals surface area contributed by atoms with Crippen molar-refractivity contribution in [3.8, 4) is 22.6 Å².